The summed E-state index contributed by atoms with van der Waals surface area (Å²) in [5.41, 5.74) is 8.59. The molecule has 0 aliphatic rings. The number of phenolic OH excluding ortho intramolecular Hbond substituents is 1. The van der Waals surface area contributed by atoms with Gasteiger partial charge in [-0.15, -0.1) is 0 Å². The Bertz CT molecular complexity index is 1390. The minimum Gasteiger partial charge on any atom is -0.508 e. The summed E-state index contributed by atoms with van der Waals surface area (Å²) in [4.78, 5) is 55.1. The standard InChI is InChI=1S/C31H41N5O6/c1-5-18(4)27(30(40)35-26(17(2)3)31(41)42)36-29(39)25(15-20-16-33-24-9-7-6-8-22(20)24)34-28(38)23(32)14-19-10-12-21(37)13-11-19/h6-13,16-18,23,25-27,33,37H,5,14-15,32H2,1-4H3,(H,34,38)(H,35,40)(H,36,39)(H,41,42). The van der Waals surface area contributed by atoms with Crippen molar-refractivity contribution in [3.63, 3.8) is 0 Å². The van der Waals surface area contributed by atoms with Crippen molar-refractivity contribution >= 4 is 34.6 Å². The molecule has 0 saturated carbocycles. The molecule has 226 valence electrons. The molecule has 3 aromatic rings. The Labute approximate surface area is 245 Å². The molecule has 11 heteroatoms. The first-order valence-electron chi connectivity index (χ1n) is 14.1. The van der Waals surface area contributed by atoms with Crippen molar-refractivity contribution in [2.45, 2.75) is 71.1 Å². The fourth-order valence-electron chi connectivity index (χ4n) is 4.70. The number of rotatable bonds is 14. The van der Waals surface area contributed by atoms with E-state index in [0.29, 0.717) is 6.42 Å². The van der Waals surface area contributed by atoms with Crippen molar-refractivity contribution < 1.29 is 29.4 Å². The maximum absolute atomic E-state index is 13.7. The number of aliphatic carboxylic acids is 1. The van der Waals surface area contributed by atoms with Crippen LogP contribution in [0.25, 0.3) is 10.9 Å². The number of para-hydroxylation sites is 1. The summed E-state index contributed by atoms with van der Waals surface area (Å²) < 4.78 is 0. The molecule has 5 unspecified atom stereocenters. The SMILES string of the molecule is CCC(C)C(NC(=O)C(Cc1c[nH]c2ccccc12)NC(=O)C(N)Cc1ccc(O)cc1)C(=O)NC(C(=O)O)C(C)C. The number of hydrogen-bond acceptors (Lipinski definition) is 6. The lowest BCUT2D eigenvalue weighted by Gasteiger charge is -2.29. The van der Waals surface area contributed by atoms with E-state index in [0.717, 1.165) is 22.0 Å². The van der Waals surface area contributed by atoms with Crippen molar-refractivity contribution in [2.75, 3.05) is 0 Å². The number of benzene rings is 2. The summed E-state index contributed by atoms with van der Waals surface area (Å²) in [7, 11) is 0. The highest BCUT2D eigenvalue weighted by molar-refractivity contribution is 5.95. The molecule has 1 heterocycles. The van der Waals surface area contributed by atoms with Gasteiger partial charge in [-0.1, -0.05) is 64.4 Å². The number of amides is 3. The molecule has 0 aliphatic heterocycles. The summed E-state index contributed by atoms with van der Waals surface area (Å²) in [5, 5.41) is 28.1. The van der Waals surface area contributed by atoms with Gasteiger partial charge in [0.15, 0.2) is 0 Å². The Morgan fingerprint density at radius 3 is 2.12 bits per heavy atom. The topological polar surface area (TPSA) is 187 Å². The van der Waals surface area contributed by atoms with E-state index in [1.54, 1.807) is 39.1 Å². The van der Waals surface area contributed by atoms with Gasteiger partial charge in [0.1, 0.15) is 23.9 Å². The number of hydrogen-bond donors (Lipinski definition) is 7. The lowest BCUT2D eigenvalue weighted by atomic mass is 9.95. The lowest BCUT2D eigenvalue weighted by molar-refractivity contribution is -0.144. The molecule has 5 atom stereocenters. The normalized spacial score (nSPS) is 14.9. The molecule has 3 rings (SSSR count). The molecule has 0 aliphatic carbocycles. The van der Waals surface area contributed by atoms with Crippen LogP contribution in [-0.4, -0.2) is 63.1 Å². The number of aromatic amines is 1. The van der Waals surface area contributed by atoms with Crippen LogP contribution in [-0.2, 0) is 32.0 Å². The van der Waals surface area contributed by atoms with Crippen molar-refractivity contribution in [3.05, 3.63) is 65.9 Å². The molecule has 3 amide bonds. The summed E-state index contributed by atoms with van der Waals surface area (Å²) in [5.74, 6) is -3.53. The molecule has 42 heavy (non-hydrogen) atoms. The second-order valence-electron chi connectivity index (χ2n) is 11.0. The van der Waals surface area contributed by atoms with E-state index in [1.165, 1.54) is 12.1 Å². The highest BCUT2D eigenvalue weighted by Crippen LogP contribution is 2.20. The number of aromatic hydroxyl groups is 1. The minimum absolute atomic E-state index is 0.0928. The van der Waals surface area contributed by atoms with Crippen LogP contribution in [0.4, 0.5) is 0 Å². The average molecular weight is 580 g/mol. The highest BCUT2D eigenvalue weighted by atomic mass is 16.4. The third-order valence-electron chi connectivity index (χ3n) is 7.48. The van der Waals surface area contributed by atoms with Crippen LogP contribution in [0.1, 0.15) is 45.2 Å². The van der Waals surface area contributed by atoms with Crippen LogP contribution in [0, 0.1) is 11.8 Å². The van der Waals surface area contributed by atoms with Gasteiger partial charge in [-0.2, -0.15) is 0 Å². The number of H-pyrrole nitrogens is 1. The lowest BCUT2D eigenvalue weighted by Crippen LogP contribution is -2.59. The van der Waals surface area contributed by atoms with Gasteiger partial charge in [-0.05, 0) is 47.6 Å². The van der Waals surface area contributed by atoms with Crippen LogP contribution in [0.15, 0.2) is 54.7 Å². The second-order valence-corrected chi connectivity index (χ2v) is 11.0. The largest absolute Gasteiger partial charge is 0.508 e. The summed E-state index contributed by atoms with van der Waals surface area (Å²) in [6, 6.07) is 9.67. The third kappa shape index (κ3) is 8.32. The number of carboxylic acids is 1. The number of nitrogens with two attached hydrogens (primary N) is 1. The van der Waals surface area contributed by atoms with Gasteiger partial charge in [-0.3, -0.25) is 14.4 Å². The number of phenols is 1. The zero-order chi connectivity index (χ0) is 31.0. The molecule has 0 saturated heterocycles. The number of fused-ring (bicyclic) bond motifs is 1. The van der Waals surface area contributed by atoms with Crippen molar-refractivity contribution in [1.29, 1.82) is 0 Å². The molecule has 0 radical (unpaired) electrons. The van der Waals surface area contributed by atoms with E-state index in [2.05, 4.69) is 20.9 Å². The summed E-state index contributed by atoms with van der Waals surface area (Å²) in [6.45, 7) is 7.02. The van der Waals surface area contributed by atoms with Crippen LogP contribution in [0.2, 0.25) is 0 Å². The highest BCUT2D eigenvalue weighted by Gasteiger charge is 2.34. The number of carbonyl (C=O) groups is 4. The smallest absolute Gasteiger partial charge is 0.326 e. The summed E-state index contributed by atoms with van der Waals surface area (Å²) in [6.07, 6.45) is 2.60. The van der Waals surface area contributed by atoms with Gasteiger partial charge < -0.3 is 36.9 Å². The van der Waals surface area contributed by atoms with Crippen molar-refractivity contribution in [2.24, 2.45) is 17.6 Å². The molecule has 1 aromatic heterocycles. The van der Waals surface area contributed by atoms with Crippen LogP contribution in [0.5, 0.6) is 5.75 Å². The molecule has 0 spiro atoms. The first-order valence-corrected chi connectivity index (χ1v) is 14.1. The third-order valence-corrected chi connectivity index (χ3v) is 7.48. The molecule has 0 bridgehead atoms. The fraction of sp³-hybridized carbons (Fsp3) is 0.419. The van der Waals surface area contributed by atoms with E-state index >= 15 is 0 Å². The Hall–Kier alpha value is -4.38. The minimum atomic E-state index is -1.17. The van der Waals surface area contributed by atoms with Crippen LogP contribution in [0.3, 0.4) is 0 Å². The Morgan fingerprint density at radius 1 is 0.857 bits per heavy atom. The monoisotopic (exact) mass is 579 g/mol. The molecule has 8 N–H and O–H groups in total. The van der Waals surface area contributed by atoms with Gasteiger partial charge in [0, 0.05) is 23.5 Å². The van der Waals surface area contributed by atoms with E-state index in [1.807, 2.05) is 31.2 Å². The van der Waals surface area contributed by atoms with E-state index < -0.39 is 47.9 Å². The van der Waals surface area contributed by atoms with Crippen molar-refractivity contribution in [1.82, 2.24) is 20.9 Å². The number of aromatic nitrogens is 1. The molecule has 2 aromatic carbocycles. The second kappa shape index (κ2) is 14.5. The Balaban J connectivity index is 1.85. The van der Waals surface area contributed by atoms with Gasteiger partial charge in [0.25, 0.3) is 0 Å². The number of carbonyl (C=O) groups excluding carboxylic acids is 3. The van der Waals surface area contributed by atoms with E-state index in [4.69, 9.17) is 5.73 Å². The molecular formula is C31H41N5O6. The van der Waals surface area contributed by atoms with Gasteiger partial charge >= 0.3 is 5.97 Å². The Kier molecular flexibility index (Phi) is 11.1. The maximum atomic E-state index is 13.7. The number of nitrogens with one attached hydrogen (secondary N) is 4. The first kappa shape index (κ1) is 32.1. The molecule has 0 fully saturated rings. The summed E-state index contributed by atoms with van der Waals surface area (Å²) >= 11 is 0. The predicted molar refractivity (Wildman–Crippen MR) is 160 cm³/mol. The zero-order valence-corrected chi connectivity index (χ0v) is 24.4. The van der Waals surface area contributed by atoms with Crippen LogP contribution < -0.4 is 21.7 Å². The van der Waals surface area contributed by atoms with Crippen molar-refractivity contribution in [3.8, 4) is 5.75 Å². The predicted octanol–water partition coefficient (Wildman–Crippen LogP) is 2.23. The zero-order valence-electron chi connectivity index (χ0n) is 24.4. The van der Waals surface area contributed by atoms with Gasteiger partial charge in [0.05, 0.1) is 6.04 Å². The van der Waals surface area contributed by atoms with E-state index in [9.17, 15) is 29.4 Å². The van der Waals surface area contributed by atoms with Gasteiger partial charge in [-0.25, -0.2) is 4.79 Å². The molecular weight excluding hydrogens is 538 g/mol. The number of carboxylic acid groups (broad SMARTS) is 1. The van der Waals surface area contributed by atoms with E-state index in [-0.39, 0.29) is 30.4 Å². The van der Waals surface area contributed by atoms with Crippen LogP contribution >= 0.6 is 0 Å². The fourth-order valence-corrected chi connectivity index (χ4v) is 4.70. The first-order chi connectivity index (χ1) is 19.9. The van der Waals surface area contributed by atoms with Gasteiger partial charge in [0.2, 0.25) is 17.7 Å². The maximum Gasteiger partial charge on any atom is 0.326 e. The molecule has 11 nitrogen and oxygen atoms in total. The Morgan fingerprint density at radius 2 is 1.50 bits per heavy atom. The average Bonchev–Trinajstić information content (AvgIpc) is 3.37. The quantitative estimate of drug-likeness (QED) is 0.152.